The Bertz CT molecular complexity index is 547. The summed E-state index contributed by atoms with van der Waals surface area (Å²) in [4.78, 5) is 0. The van der Waals surface area contributed by atoms with Crippen molar-refractivity contribution in [1.82, 2.24) is 0 Å². The molecule has 15 heavy (non-hydrogen) atoms. The van der Waals surface area contributed by atoms with E-state index < -0.39 is 0 Å². The molecule has 0 saturated carbocycles. The van der Waals surface area contributed by atoms with Gasteiger partial charge in [-0.3, -0.25) is 0 Å². The normalized spacial score (nSPS) is 11.2. The van der Waals surface area contributed by atoms with Gasteiger partial charge in [0.05, 0.1) is 10.8 Å². The second-order valence-electron chi connectivity index (χ2n) is 2.80. The topological polar surface area (TPSA) is 84.1 Å². The fourth-order valence-electron chi connectivity index (χ4n) is 1.23. The van der Waals surface area contributed by atoms with E-state index in [0.717, 1.165) is 0 Å². The average molecular weight is 221 g/mol. The molecule has 1 aromatic carbocycles. The monoisotopic (exact) mass is 221 g/mol. The third kappa shape index (κ3) is 1.79. The minimum absolute atomic E-state index is 0.0880. The highest BCUT2D eigenvalue weighted by molar-refractivity contribution is 7.80. The van der Waals surface area contributed by atoms with Crippen molar-refractivity contribution in [2.45, 2.75) is 0 Å². The van der Waals surface area contributed by atoms with E-state index in [0.29, 0.717) is 10.8 Å². The van der Waals surface area contributed by atoms with E-state index in [2.05, 4.69) is 22.4 Å². The number of hydrogen-bond acceptors (Lipinski definition) is 4. The van der Waals surface area contributed by atoms with Gasteiger partial charge in [-0.1, -0.05) is 12.1 Å². The Kier molecular flexibility index (Phi) is 2.34. The van der Waals surface area contributed by atoms with Crippen LogP contribution >= 0.6 is 12.2 Å². The van der Waals surface area contributed by atoms with E-state index in [1.54, 1.807) is 24.3 Å². The van der Waals surface area contributed by atoms with Crippen molar-refractivity contribution in [2.75, 3.05) is 0 Å². The van der Waals surface area contributed by atoms with Crippen LogP contribution in [0.4, 0.5) is 5.88 Å². The number of azo groups is 1. The maximum atomic E-state index is 9.42. The lowest BCUT2D eigenvalue weighted by Gasteiger charge is -1.86. The number of thiocarbonyl (C=S) groups is 1. The first-order valence-electron chi connectivity index (χ1n) is 4.10. The second kappa shape index (κ2) is 3.66. The highest BCUT2D eigenvalue weighted by Gasteiger charge is 2.10. The van der Waals surface area contributed by atoms with Crippen LogP contribution in [0, 0.1) is 0 Å². The molecule has 0 bridgehead atoms. The van der Waals surface area contributed by atoms with E-state index in [1.807, 2.05) is 0 Å². The predicted octanol–water partition coefficient (Wildman–Crippen LogP) is 2.47. The van der Waals surface area contributed by atoms with Crippen LogP contribution < -0.4 is 5.73 Å². The van der Waals surface area contributed by atoms with Crippen molar-refractivity contribution in [1.29, 1.82) is 0 Å². The molecule has 5 nitrogen and oxygen atoms in total. The standard InChI is InChI=1S/C9H7N3O2S/c10-9(15)12-11-7-5-3-1-2-4-6(5)8(13)14-7/h1-4,13H,(H2,10,15). The van der Waals surface area contributed by atoms with E-state index in [-0.39, 0.29) is 16.9 Å². The van der Waals surface area contributed by atoms with Gasteiger partial charge in [0.25, 0.3) is 11.8 Å². The molecular formula is C9H7N3O2S. The summed E-state index contributed by atoms with van der Waals surface area (Å²) in [5.41, 5.74) is 5.16. The summed E-state index contributed by atoms with van der Waals surface area (Å²) < 4.78 is 5.00. The summed E-state index contributed by atoms with van der Waals surface area (Å²) in [5.74, 6) is -0.00149. The molecule has 0 unspecified atom stereocenters. The van der Waals surface area contributed by atoms with Crippen molar-refractivity contribution in [2.24, 2.45) is 16.0 Å². The van der Waals surface area contributed by atoms with Crippen LogP contribution in [0.15, 0.2) is 38.9 Å². The number of nitrogens with zero attached hydrogens (tertiary/aromatic N) is 2. The number of hydrogen-bond donors (Lipinski definition) is 2. The molecule has 0 amide bonds. The van der Waals surface area contributed by atoms with Crippen molar-refractivity contribution >= 4 is 34.0 Å². The molecule has 2 aromatic rings. The Labute approximate surface area is 90.2 Å². The largest absolute Gasteiger partial charge is 0.480 e. The van der Waals surface area contributed by atoms with Gasteiger partial charge in [-0.2, -0.15) is 0 Å². The SMILES string of the molecule is NC(=S)N=Nc1oc(O)c2ccccc12. The molecule has 0 spiro atoms. The van der Waals surface area contributed by atoms with Gasteiger partial charge < -0.3 is 15.3 Å². The van der Waals surface area contributed by atoms with Crippen LogP contribution in [-0.2, 0) is 0 Å². The molecule has 0 aliphatic heterocycles. The average Bonchev–Trinajstić information content (AvgIpc) is 2.54. The Hall–Kier alpha value is -1.95. The van der Waals surface area contributed by atoms with Gasteiger partial charge in [0, 0.05) is 0 Å². The Morgan fingerprint density at radius 1 is 1.33 bits per heavy atom. The lowest BCUT2D eigenvalue weighted by Crippen LogP contribution is -2.01. The minimum atomic E-state index is -0.192. The van der Waals surface area contributed by atoms with E-state index >= 15 is 0 Å². The second-order valence-corrected chi connectivity index (χ2v) is 3.21. The van der Waals surface area contributed by atoms with Crippen molar-refractivity contribution in [3.8, 4) is 5.95 Å². The Balaban J connectivity index is 2.57. The molecule has 0 atom stereocenters. The lowest BCUT2D eigenvalue weighted by molar-refractivity contribution is 0.342. The van der Waals surface area contributed by atoms with Crippen LogP contribution in [-0.4, -0.2) is 10.2 Å². The number of furan rings is 1. The van der Waals surface area contributed by atoms with Gasteiger partial charge in [0.15, 0.2) is 0 Å². The van der Waals surface area contributed by atoms with Crippen molar-refractivity contribution in [3.05, 3.63) is 24.3 Å². The summed E-state index contributed by atoms with van der Waals surface area (Å²) in [7, 11) is 0. The van der Waals surface area contributed by atoms with Gasteiger partial charge >= 0.3 is 0 Å². The van der Waals surface area contributed by atoms with Crippen LogP contribution in [0.25, 0.3) is 10.8 Å². The molecule has 0 radical (unpaired) electrons. The Morgan fingerprint density at radius 3 is 2.67 bits per heavy atom. The van der Waals surface area contributed by atoms with Crippen LogP contribution in [0.5, 0.6) is 5.95 Å². The highest BCUT2D eigenvalue weighted by atomic mass is 32.1. The zero-order chi connectivity index (χ0) is 10.8. The fraction of sp³-hybridized carbons (Fsp3) is 0. The smallest absolute Gasteiger partial charge is 0.292 e. The van der Waals surface area contributed by atoms with Gasteiger partial charge in [-0.05, 0) is 24.4 Å². The minimum Gasteiger partial charge on any atom is -0.480 e. The number of nitrogens with two attached hydrogens (primary N) is 1. The predicted molar refractivity (Wildman–Crippen MR) is 59.2 cm³/mol. The molecule has 2 rings (SSSR count). The Morgan fingerprint density at radius 2 is 2.00 bits per heavy atom. The van der Waals surface area contributed by atoms with Crippen molar-refractivity contribution < 1.29 is 9.52 Å². The quantitative estimate of drug-likeness (QED) is 0.572. The first kappa shape index (κ1) is 9.60. The molecule has 0 aliphatic rings. The van der Waals surface area contributed by atoms with Gasteiger partial charge in [0.1, 0.15) is 0 Å². The molecule has 0 saturated heterocycles. The maximum absolute atomic E-state index is 9.42. The zero-order valence-electron chi connectivity index (χ0n) is 7.54. The fourth-order valence-corrected chi connectivity index (χ4v) is 1.27. The molecule has 1 aromatic heterocycles. The summed E-state index contributed by atoms with van der Waals surface area (Å²) in [6, 6.07) is 7.06. The lowest BCUT2D eigenvalue weighted by atomic mass is 10.2. The summed E-state index contributed by atoms with van der Waals surface area (Å²) >= 11 is 4.54. The first-order valence-corrected chi connectivity index (χ1v) is 4.51. The van der Waals surface area contributed by atoms with Gasteiger partial charge in [0.2, 0.25) is 5.11 Å². The number of aromatic hydroxyl groups is 1. The first-order chi connectivity index (χ1) is 7.18. The number of benzene rings is 1. The van der Waals surface area contributed by atoms with E-state index in [9.17, 15) is 5.11 Å². The summed E-state index contributed by atoms with van der Waals surface area (Å²) in [6.45, 7) is 0. The molecular weight excluding hydrogens is 214 g/mol. The molecule has 76 valence electrons. The van der Waals surface area contributed by atoms with Crippen LogP contribution in [0.3, 0.4) is 0 Å². The zero-order valence-corrected chi connectivity index (χ0v) is 8.36. The highest BCUT2D eigenvalue weighted by Crippen LogP contribution is 2.36. The molecule has 1 heterocycles. The third-order valence-corrected chi connectivity index (χ3v) is 1.90. The van der Waals surface area contributed by atoms with Crippen LogP contribution in [0.1, 0.15) is 0 Å². The van der Waals surface area contributed by atoms with E-state index in [4.69, 9.17) is 10.2 Å². The molecule has 6 heteroatoms. The van der Waals surface area contributed by atoms with Gasteiger partial charge in [-0.15, -0.1) is 10.2 Å². The number of rotatable bonds is 1. The van der Waals surface area contributed by atoms with Crippen molar-refractivity contribution in [3.63, 3.8) is 0 Å². The maximum Gasteiger partial charge on any atom is 0.292 e. The van der Waals surface area contributed by atoms with Gasteiger partial charge in [-0.25, -0.2) is 0 Å². The van der Waals surface area contributed by atoms with E-state index in [1.165, 1.54) is 0 Å². The molecule has 3 N–H and O–H groups in total. The molecule has 0 aliphatic carbocycles. The summed E-state index contributed by atoms with van der Waals surface area (Å²) in [5, 5.41) is 17.8. The third-order valence-electron chi connectivity index (χ3n) is 1.82. The molecule has 0 fully saturated rings. The summed E-state index contributed by atoms with van der Waals surface area (Å²) in [6.07, 6.45) is 0. The van der Waals surface area contributed by atoms with Crippen LogP contribution in [0.2, 0.25) is 0 Å². The number of fused-ring (bicyclic) bond motifs is 1.